The van der Waals surface area contributed by atoms with Gasteiger partial charge in [0, 0.05) is 17.3 Å². The van der Waals surface area contributed by atoms with Gasteiger partial charge in [-0.1, -0.05) is 53.7 Å². The van der Waals surface area contributed by atoms with Crippen molar-refractivity contribution in [3.63, 3.8) is 0 Å². The van der Waals surface area contributed by atoms with Gasteiger partial charge in [-0.25, -0.2) is 9.97 Å². The van der Waals surface area contributed by atoms with Crippen molar-refractivity contribution in [3.05, 3.63) is 59.8 Å². The molecule has 29 heavy (non-hydrogen) atoms. The summed E-state index contributed by atoms with van der Waals surface area (Å²) < 4.78 is 0. The highest BCUT2D eigenvalue weighted by Crippen LogP contribution is 2.61. The van der Waals surface area contributed by atoms with Gasteiger partial charge < -0.3 is 0 Å². The van der Waals surface area contributed by atoms with E-state index in [1.54, 1.807) is 6.20 Å². The van der Waals surface area contributed by atoms with E-state index in [0.29, 0.717) is 5.82 Å². The Morgan fingerprint density at radius 2 is 1.48 bits per heavy atom. The van der Waals surface area contributed by atoms with Crippen LogP contribution in [0.25, 0.3) is 22.6 Å². The van der Waals surface area contributed by atoms with E-state index >= 15 is 0 Å². The summed E-state index contributed by atoms with van der Waals surface area (Å²) in [5.74, 6) is 0.555. The van der Waals surface area contributed by atoms with E-state index in [9.17, 15) is 0 Å². The molecule has 146 valence electrons. The largest absolute Gasteiger partial charge is 0.255 e. The molecule has 0 atom stereocenters. The second kappa shape index (κ2) is 6.18. The van der Waals surface area contributed by atoms with Gasteiger partial charge in [0.15, 0.2) is 5.82 Å². The van der Waals surface area contributed by atoms with Gasteiger partial charge in [0.2, 0.25) is 5.82 Å². The minimum absolute atomic E-state index is 0.0559. The fraction of sp³-hybridized carbons (Fsp3) is 0.375. The summed E-state index contributed by atoms with van der Waals surface area (Å²) in [4.78, 5) is 16.7. The van der Waals surface area contributed by atoms with Crippen molar-refractivity contribution in [3.8, 4) is 28.7 Å². The Hall–Kier alpha value is -3.13. The molecule has 0 saturated heterocycles. The molecule has 0 spiro atoms. The second-order valence-electron chi connectivity index (χ2n) is 9.31. The molecule has 0 unspecified atom stereocenters. The first kappa shape index (κ1) is 19.2. The zero-order valence-electron chi connectivity index (χ0n) is 17.8. The molecule has 0 fully saturated rings. The first-order valence-corrected chi connectivity index (χ1v) is 9.80. The van der Waals surface area contributed by atoms with E-state index in [-0.39, 0.29) is 22.1 Å². The Balaban J connectivity index is 1.74. The van der Waals surface area contributed by atoms with Crippen LogP contribution in [0.3, 0.4) is 0 Å². The molecule has 1 aliphatic carbocycles. The molecule has 0 N–H and O–H groups in total. The number of rotatable bonds is 2. The van der Waals surface area contributed by atoms with Gasteiger partial charge in [-0.15, -0.1) is 0 Å². The molecule has 0 radical (unpaired) electrons. The average Bonchev–Trinajstić information content (AvgIpc) is 2.82. The van der Waals surface area contributed by atoms with Crippen molar-refractivity contribution >= 4 is 0 Å². The Kier molecular flexibility index (Phi) is 4.09. The molecule has 5 nitrogen and oxygen atoms in total. The van der Waals surface area contributed by atoms with E-state index < -0.39 is 0 Å². The third-order valence-corrected chi connectivity index (χ3v) is 7.48. The van der Waals surface area contributed by atoms with Gasteiger partial charge in [0.1, 0.15) is 12.4 Å². The number of nitriles is 1. The smallest absolute Gasteiger partial charge is 0.235 e. The van der Waals surface area contributed by atoms with Crippen molar-refractivity contribution in [2.24, 2.45) is 5.41 Å². The highest BCUT2D eigenvalue weighted by Gasteiger charge is 2.56. The standard InChI is InChI=1S/C24H25N5/c1-22(2)17-9-7-15(11-18(17)23(3,4)24(22,5)6)19-10-8-16(13-26-19)21-28-14-27-20(12-25)29-21/h7-11,13-14H,1-6H3. The maximum absolute atomic E-state index is 8.98. The fourth-order valence-corrected chi connectivity index (χ4v) is 4.41. The maximum atomic E-state index is 8.98. The van der Waals surface area contributed by atoms with Crippen molar-refractivity contribution in [1.82, 2.24) is 19.9 Å². The molecule has 0 aliphatic heterocycles. The number of nitrogens with zero attached hydrogens (tertiary/aromatic N) is 5. The third kappa shape index (κ3) is 2.66. The Labute approximate surface area is 171 Å². The van der Waals surface area contributed by atoms with Gasteiger partial charge >= 0.3 is 0 Å². The minimum Gasteiger partial charge on any atom is -0.255 e. The fourth-order valence-electron chi connectivity index (χ4n) is 4.41. The molecule has 2 aromatic heterocycles. The zero-order chi connectivity index (χ0) is 21.0. The molecular weight excluding hydrogens is 358 g/mol. The predicted molar refractivity (Wildman–Crippen MR) is 113 cm³/mol. The van der Waals surface area contributed by atoms with Crippen LogP contribution < -0.4 is 0 Å². The molecule has 2 heterocycles. The van der Waals surface area contributed by atoms with Crippen LogP contribution in [0.4, 0.5) is 0 Å². The molecule has 4 rings (SSSR count). The zero-order valence-corrected chi connectivity index (χ0v) is 17.8. The minimum atomic E-state index is 0.0559. The lowest BCUT2D eigenvalue weighted by Crippen LogP contribution is -2.42. The quantitative estimate of drug-likeness (QED) is 0.618. The second-order valence-corrected chi connectivity index (χ2v) is 9.31. The summed E-state index contributed by atoms with van der Waals surface area (Å²) in [5, 5.41) is 8.98. The highest BCUT2D eigenvalue weighted by atomic mass is 15.0. The Bertz CT molecular complexity index is 1130. The molecule has 0 amide bonds. The van der Waals surface area contributed by atoms with E-state index in [2.05, 4.69) is 79.7 Å². The topological polar surface area (TPSA) is 75.3 Å². The van der Waals surface area contributed by atoms with Crippen LogP contribution in [-0.4, -0.2) is 19.9 Å². The van der Waals surface area contributed by atoms with E-state index in [1.165, 1.54) is 17.5 Å². The normalized spacial score (nSPS) is 18.1. The molecular formula is C24H25N5. The summed E-state index contributed by atoms with van der Waals surface area (Å²) in [7, 11) is 0. The molecule has 0 saturated carbocycles. The van der Waals surface area contributed by atoms with Gasteiger partial charge in [-0.2, -0.15) is 10.2 Å². The van der Waals surface area contributed by atoms with Crippen LogP contribution in [-0.2, 0) is 10.8 Å². The number of benzene rings is 1. The predicted octanol–water partition coefficient (Wildman–Crippen LogP) is 5.07. The monoisotopic (exact) mass is 383 g/mol. The Morgan fingerprint density at radius 3 is 2.14 bits per heavy atom. The number of fused-ring (bicyclic) bond motifs is 1. The number of hydrogen-bond donors (Lipinski definition) is 0. The summed E-state index contributed by atoms with van der Waals surface area (Å²) in [5.41, 5.74) is 5.87. The van der Waals surface area contributed by atoms with Crippen LogP contribution >= 0.6 is 0 Å². The third-order valence-electron chi connectivity index (χ3n) is 7.48. The molecule has 5 heteroatoms. The first-order valence-electron chi connectivity index (χ1n) is 9.80. The van der Waals surface area contributed by atoms with E-state index in [0.717, 1.165) is 16.8 Å². The SMILES string of the molecule is CC1(C)c2ccc(-c3ccc(-c4ncnc(C#N)n4)cn3)cc2C(C)(C)C1(C)C. The lowest BCUT2D eigenvalue weighted by molar-refractivity contribution is 0.125. The average molecular weight is 383 g/mol. The van der Waals surface area contributed by atoms with Crippen LogP contribution in [0.15, 0.2) is 42.9 Å². The van der Waals surface area contributed by atoms with Crippen LogP contribution in [0, 0.1) is 16.7 Å². The molecule has 0 bridgehead atoms. The molecule has 1 aliphatic rings. The number of pyridine rings is 1. The van der Waals surface area contributed by atoms with E-state index in [1.807, 2.05) is 18.2 Å². The first-order chi connectivity index (χ1) is 13.6. The highest BCUT2D eigenvalue weighted by molar-refractivity contribution is 5.66. The maximum Gasteiger partial charge on any atom is 0.235 e. The van der Waals surface area contributed by atoms with Crippen molar-refractivity contribution in [2.75, 3.05) is 0 Å². The molecule has 3 aromatic rings. The van der Waals surface area contributed by atoms with Crippen LogP contribution in [0.1, 0.15) is 58.5 Å². The van der Waals surface area contributed by atoms with Crippen molar-refractivity contribution < 1.29 is 0 Å². The summed E-state index contributed by atoms with van der Waals surface area (Å²) >= 11 is 0. The summed E-state index contributed by atoms with van der Waals surface area (Å²) in [6, 6.07) is 12.6. The van der Waals surface area contributed by atoms with Crippen LogP contribution in [0.5, 0.6) is 0 Å². The van der Waals surface area contributed by atoms with Gasteiger partial charge in [-0.05, 0) is 45.6 Å². The van der Waals surface area contributed by atoms with Gasteiger partial charge in [0.25, 0.3) is 0 Å². The van der Waals surface area contributed by atoms with Crippen molar-refractivity contribution in [1.29, 1.82) is 5.26 Å². The lowest BCUT2D eigenvalue weighted by atomic mass is 9.59. The van der Waals surface area contributed by atoms with Gasteiger partial charge in [0.05, 0.1) is 5.69 Å². The van der Waals surface area contributed by atoms with Gasteiger partial charge in [-0.3, -0.25) is 4.98 Å². The number of aromatic nitrogens is 4. The van der Waals surface area contributed by atoms with Crippen molar-refractivity contribution in [2.45, 2.75) is 52.4 Å². The summed E-state index contributed by atoms with van der Waals surface area (Å²) in [6.07, 6.45) is 3.10. The summed E-state index contributed by atoms with van der Waals surface area (Å²) in [6.45, 7) is 14.1. The number of hydrogen-bond acceptors (Lipinski definition) is 5. The molecule has 1 aromatic carbocycles. The van der Waals surface area contributed by atoms with Crippen LogP contribution in [0.2, 0.25) is 0 Å². The van der Waals surface area contributed by atoms with E-state index in [4.69, 9.17) is 5.26 Å². The lowest BCUT2D eigenvalue weighted by Gasteiger charge is -2.44. The Morgan fingerprint density at radius 1 is 0.793 bits per heavy atom.